The predicted molar refractivity (Wildman–Crippen MR) is 76.2 cm³/mol. The van der Waals surface area contributed by atoms with Gasteiger partial charge in [-0.1, -0.05) is 12.1 Å². The standard InChI is InChI=1S/C16H16FN3O/c17-13-5-3-12(4-6-13)16-10-11-2-1-7-18-14(11)15(21)20(16)9-8-19-16/h1-3,5,7,19H,4,6,8-10H2. The highest BCUT2D eigenvalue weighted by molar-refractivity contribution is 5.96. The zero-order valence-corrected chi connectivity index (χ0v) is 11.6. The maximum Gasteiger partial charge on any atom is 0.274 e. The number of carbonyl (C=O) groups is 1. The molecule has 4 rings (SSSR count). The van der Waals surface area contributed by atoms with Crippen molar-refractivity contribution in [3.63, 3.8) is 0 Å². The lowest BCUT2D eigenvalue weighted by Gasteiger charge is -2.44. The minimum Gasteiger partial charge on any atom is -0.314 e. The van der Waals surface area contributed by atoms with Gasteiger partial charge in [-0.2, -0.15) is 0 Å². The molecular formula is C16H16FN3O. The first-order chi connectivity index (χ1) is 10.2. The summed E-state index contributed by atoms with van der Waals surface area (Å²) in [6.45, 7) is 1.42. The molecule has 3 aliphatic rings. The van der Waals surface area contributed by atoms with Crippen LogP contribution in [0, 0.1) is 0 Å². The third-order valence-electron chi connectivity index (χ3n) is 4.63. The average Bonchev–Trinajstić information content (AvgIpc) is 2.93. The van der Waals surface area contributed by atoms with Crippen molar-refractivity contribution in [3.8, 4) is 0 Å². The fraction of sp³-hybridized carbons (Fsp3) is 0.375. The van der Waals surface area contributed by atoms with Crippen LogP contribution < -0.4 is 5.32 Å². The van der Waals surface area contributed by atoms with Crippen LogP contribution in [-0.2, 0) is 6.42 Å². The topological polar surface area (TPSA) is 45.2 Å². The number of rotatable bonds is 1. The van der Waals surface area contributed by atoms with Crippen LogP contribution in [0.15, 0.2) is 41.9 Å². The highest BCUT2D eigenvalue weighted by Gasteiger charge is 2.50. The Balaban J connectivity index is 1.83. The van der Waals surface area contributed by atoms with Gasteiger partial charge in [-0.3, -0.25) is 15.1 Å². The van der Waals surface area contributed by atoms with E-state index in [1.807, 2.05) is 23.1 Å². The van der Waals surface area contributed by atoms with Crippen molar-refractivity contribution in [2.24, 2.45) is 0 Å². The van der Waals surface area contributed by atoms with Crippen LogP contribution in [0.3, 0.4) is 0 Å². The van der Waals surface area contributed by atoms with Gasteiger partial charge in [0.05, 0.1) is 0 Å². The van der Waals surface area contributed by atoms with E-state index in [1.165, 1.54) is 6.08 Å². The van der Waals surface area contributed by atoms with Gasteiger partial charge >= 0.3 is 0 Å². The number of amides is 1. The highest BCUT2D eigenvalue weighted by Crippen LogP contribution is 2.39. The summed E-state index contributed by atoms with van der Waals surface area (Å²) >= 11 is 0. The van der Waals surface area contributed by atoms with Gasteiger partial charge in [0, 0.05) is 32.1 Å². The van der Waals surface area contributed by atoms with Gasteiger partial charge in [0.25, 0.3) is 5.91 Å². The molecule has 1 saturated heterocycles. The number of pyridine rings is 1. The molecule has 3 heterocycles. The molecule has 0 radical (unpaired) electrons. The number of carbonyl (C=O) groups excluding carboxylic acids is 1. The van der Waals surface area contributed by atoms with Crippen LogP contribution in [0.2, 0.25) is 0 Å². The third kappa shape index (κ3) is 1.77. The molecule has 5 heteroatoms. The van der Waals surface area contributed by atoms with Crippen molar-refractivity contribution in [1.82, 2.24) is 15.2 Å². The molecule has 0 saturated carbocycles. The monoisotopic (exact) mass is 285 g/mol. The first kappa shape index (κ1) is 12.7. The largest absolute Gasteiger partial charge is 0.314 e. The van der Waals surface area contributed by atoms with E-state index in [0.717, 1.165) is 17.7 Å². The molecule has 108 valence electrons. The van der Waals surface area contributed by atoms with E-state index in [1.54, 1.807) is 6.20 Å². The zero-order valence-electron chi connectivity index (χ0n) is 11.6. The van der Waals surface area contributed by atoms with Crippen LogP contribution >= 0.6 is 0 Å². The SMILES string of the molecule is O=C1c2ncccc2CC2(C3=CC=C(F)CC3)NCCN12. The Kier molecular flexibility index (Phi) is 2.72. The Morgan fingerprint density at radius 2 is 2.24 bits per heavy atom. The number of aromatic nitrogens is 1. The van der Waals surface area contributed by atoms with Crippen molar-refractivity contribution in [3.05, 3.63) is 53.1 Å². The van der Waals surface area contributed by atoms with Gasteiger partial charge in [0.1, 0.15) is 17.2 Å². The van der Waals surface area contributed by atoms with Gasteiger partial charge < -0.3 is 4.90 Å². The van der Waals surface area contributed by atoms with Gasteiger partial charge in [0.15, 0.2) is 0 Å². The zero-order chi connectivity index (χ0) is 14.4. The quantitative estimate of drug-likeness (QED) is 0.858. The molecule has 1 N–H and O–H groups in total. The molecular weight excluding hydrogens is 269 g/mol. The maximum absolute atomic E-state index is 13.3. The molecule has 0 aromatic carbocycles. The van der Waals surface area contributed by atoms with Crippen LogP contribution in [0.4, 0.5) is 4.39 Å². The molecule has 1 fully saturated rings. The number of nitrogens with zero attached hydrogens (tertiary/aromatic N) is 2. The molecule has 4 nitrogen and oxygen atoms in total. The second-order valence-corrected chi connectivity index (χ2v) is 5.74. The van der Waals surface area contributed by atoms with E-state index in [0.29, 0.717) is 31.5 Å². The second-order valence-electron chi connectivity index (χ2n) is 5.74. The van der Waals surface area contributed by atoms with Crippen LogP contribution in [0.5, 0.6) is 0 Å². The van der Waals surface area contributed by atoms with E-state index in [4.69, 9.17) is 0 Å². The lowest BCUT2D eigenvalue weighted by Crippen LogP contribution is -2.59. The molecule has 1 amide bonds. The number of fused-ring (bicyclic) bond motifs is 2. The number of hydrogen-bond donors (Lipinski definition) is 1. The predicted octanol–water partition coefficient (Wildman–Crippen LogP) is 1.95. The van der Waals surface area contributed by atoms with Crippen molar-refractivity contribution >= 4 is 5.91 Å². The smallest absolute Gasteiger partial charge is 0.274 e. The average molecular weight is 285 g/mol. The maximum atomic E-state index is 13.3. The fourth-order valence-electron chi connectivity index (χ4n) is 3.63. The first-order valence-corrected chi connectivity index (χ1v) is 7.27. The van der Waals surface area contributed by atoms with E-state index in [-0.39, 0.29) is 11.7 Å². The van der Waals surface area contributed by atoms with Crippen LogP contribution in [-0.4, -0.2) is 34.5 Å². The Morgan fingerprint density at radius 1 is 1.33 bits per heavy atom. The third-order valence-corrected chi connectivity index (χ3v) is 4.63. The minimum atomic E-state index is -0.496. The van der Waals surface area contributed by atoms with Gasteiger partial charge in [-0.05, 0) is 29.7 Å². The fourth-order valence-corrected chi connectivity index (χ4v) is 3.63. The number of hydrogen-bond acceptors (Lipinski definition) is 3. The van der Waals surface area contributed by atoms with E-state index < -0.39 is 5.66 Å². The Hall–Kier alpha value is -2.01. The molecule has 21 heavy (non-hydrogen) atoms. The molecule has 2 aliphatic heterocycles. The summed E-state index contributed by atoms with van der Waals surface area (Å²) in [5, 5.41) is 3.49. The lowest BCUT2D eigenvalue weighted by atomic mass is 9.83. The highest BCUT2D eigenvalue weighted by atomic mass is 19.1. The minimum absolute atomic E-state index is 0.0298. The van der Waals surface area contributed by atoms with E-state index >= 15 is 0 Å². The molecule has 1 atom stereocenters. The summed E-state index contributed by atoms with van der Waals surface area (Å²) in [4.78, 5) is 18.8. The Bertz CT molecular complexity index is 682. The van der Waals surface area contributed by atoms with E-state index in [2.05, 4.69) is 10.3 Å². The van der Waals surface area contributed by atoms with Crippen molar-refractivity contribution in [2.45, 2.75) is 24.9 Å². The van der Waals surface area contributed by atoms with Crippen LogP contribution in [0.1, 0.15) is 28.9 Å². The summed E-state index contributed by atoms with van der Waals surface area (Å²) in [7, 11) is 0. The number of halogens is 1. The normalized spacial score (nSPS) is 27.9. The number of allylic oxidation sites excluding steroid dienone is 3. The molecule has 1 aromatic heterocycles. The van der Waals surface area contributed by atoms with Crippen molar-refractivity contribution in [1.29, 1.82) is 0 Å². The molecule has 1 aliphatic carbocycles. The second kappa shape index (κ2) is 4.49. The van der Waals surface area contributed by atoms with Crippen molar-refractivity contribution in [2.75, 3.05) is 13.1 Å². The molecule has 1 unspecified atom stereocenters. The van der Waals surface area contributed by atoms with E-state index in [9.17, 15) is 9.18 Å². The molecule has 1 aromatic rings. The summed E-state index contributed by atoms with van der Waals surface area (Å²) in [6, 6.07) is 3.82. The van der Waals surface area contributed by atoms with Crippen molar-refractivity contribution < 1.29 is 9.18 Å². The molecule has 0 spiro atoms. The summed E-state index contributed by atoms with van der Waals surface area (Å²) < 4.78 is 13.3. The summed E-state index contributed by atoms with van der Waals surface area (Å²) in [5.74, 6) is -0.123. The lowest BCUT2D eigenvalue weighted by molar-refractivity contribution is 0.0575. The van der Waals surface area contributed by atoms with Gasteiger partial charge in [0.2, 0.25) is 0 Å². The summed E-state index contributed by atoms with van der Waals surface area (Å²) in [5.41, 5.74) is 2.10. The van der Waals surface area contributed by atoms with Crippen LogP contribution in [0.25, 0.3) is 0 Å². The summed E-state index contributed by atoms with van der Waals surface area (Å²) in [6.07, 6.45) is 6.77. The Morgan fingerprint density at radius 3 is 3.05 bits per heavy atom. The van der Waals surface area contributed by atoms with Gasteiger partial charge in [-0.25, -0.2) is 4.39 Å². The Labute approximate surface area is 122 Å². The first-order valence-electron chi connectivity index (χ1n) is 7.27. The van der Waals surface area contributed by atoms with Gasteiger partial charge in [-0.15, -0.1) is 0 Å². The number of nitrogens with one attached hydrogen (secondary N) is 1. The molecule has 0 bridgehead atoms.